The van der Waals surface area contributed by atoms with Crippen LogP contribution in [-0.4, -0.2) is 18.2 Å². The normalized spacial score (nSPS) is 10.2. The summed E-state index contributed by atoms with van der Waals surface area (Å²) in [6, 6.07) is 2.68. The molecule has 0 radical (unpaired) electrons. The van der Waals surface area contributed by atoms with Gasteiger partial charge in [0.1, 0.15) is 11.6 Å². The highest BCUT2D eigenvalue weighted by molar-refractivity contribution is 6.32. The van der Waals surface area contributed by atoms with Crippen molar-refractivity contribution >= 4 is 17.6 Å². The number of carboxylic acid groups (broad SMARTS) is 1. The van der Waals surface area contributed by atoms with Crippen molar-refractivity contribution in [3.8, 4) is 5.75 Å². The van der Waals surface area contributed by atoms with E-state index in [4.69, 9.17) is 21.4 Å². The van der Waals surface area contributed by atoms with Crippen LogP contribution in [0.15, 0.2) is 12.1 Å². The predicted octanol–water partition coefficient (Wildman–Crippen LogP) is 2.90. The molecule has 0 aromatic heterocycles. The summed E-state index contributed by atoms with van der Waals surface area (Å²) in [4.78, 5) is 10.3. The predicted molar refractivity (Wildman–Crippen MR) is 58.5 cm³/mol. The van der Waals surface area contributed by atoms with Crippen molar-refractivity contribution in [2.75, 3.05) is 7.11 Å². The quantitative estimate of drug-likeness (QED) is 0.869. The van der Waals surface area contributed by atoms with E-state index in [0.29, 0.717) is 23.4 Å². The summed E-state index contributed by atoms with van der Waals surface area (Å²) in [6.45, 7) is 0. The fourth-order valence-corrected chi connectivity index (χ4v) is 1.61. The molecule has 3 nitrogen and oxygen atoms in total. The van der Waals surface area contributed by atoms with E-state index in [-0.39, 0.29) is 12.2 Å². The maximum Gasteiger partial charge on any atom is 0.303 e. The molecule has 0 spiro atoms. The summed E-state index contributed by atoms with van der Waals surface area (Å²) in [5.41, 5.74) is 0.409. The van der Waals surface area contributed by atoms with Crippen LogP contribution in [-0.2, 0) is 11.2 Å². The van der Waals surface area contributed by atoms with Gasteiger partial charge in [0.15, 0.2) is 0 Å². The Morgan fingerprint density at radius 1 is 1.56 bits per heavy atom. The first kappa shape index (κ1) is 12.8. The molecule has 1 aromatic carbocycles. The standard InChI is InChI=1S/C11H12ClFO3/c1-16-10-6-9(13)7(5-8(10)12)3-2-4-11(14)15/h5-6H,2-4H2,1H3,(H,14,15). The van der Waals surface area contributed by atoms with E-state index in [1.54, 1.807) is 0 Å². The SMILES string of the molecule is COc1cc(F)c(CCCC(=O)O)cc1Cl. The van der Waals surface area contributed by atoms with Gasteiger partial charge in [-0.1, -0.05) is 11.6 Å². The summed E-state index contributed by atoms with van der Waals surface area (Å²) in [7, 11) is 1.41. The van der Waals surface area contributed by atoms with Gasteiger partial charge < -0.3 is 9.84 Å². The Bertz CT molecular complexity index is 393. The van der Waals surface area contributed by atoms with E-state index in [9.17, 15) is 9.18 Å². The zero-order chi connectivity index (χ0) is 12.1. The van der Waals surface area contributed by atoms with Crippen molar-refractivity contribution in [2.45, 2.75) is 19.3 Å². The van der Waals surface area contributed by atoms with Crippen LogP contribution in [0.5, 0.6) is 5.75 Å². The Morgan fingerprint density at radius 2 is 2.25 bits per heavy atom. The van der Waals surface area contributed by atoms with Crippen molar-refractivity contribution < 1.29 is 19.0 Å². The van der Waals surface area contributed by atoms with Gasteiger partial charge in [0.2, 0.25) is 0 Å². The molecular weight excluding hydrogens is 235 g/mol. The maximum atomic E-state index is 13.5. The van der Waals surface area contributed by atoms with Crippen molar-refractivity contribution in [3.05, 3.63) is 28.5 Å². The minimum Gasteiger partial charge on any atom is -0.495 e. The van der Waals surface area contributed by atoms with E-state index in [2.05, 4.69) is 0 Å². The van der Waals surface area contributed by atoms with Gasteiger partial charge in [0.05, 0.1) is 12.1 Å². The lowest BCUT2D eigenvalue weighted by Crippen LogP contribution is -1.98. The number of carboxylic acids is 1. The summed E-state index contributed by atoms with van der Waals surface area (Å²) < 4.78 is 18.3. The number of hydrogen-bond donors (Lipinski definition) is 1. The zero-order valence-electron chi connectivity index (χ0n) is 8.80. The van der Waals surface area contributed by atoms with Gasteiger partial charge in [-0.15, -0.1) is 0 Å². The fourth-order valence-electron chi connectivity index (χ4n) is 1.35. The first-order valence-corrected chi connectivity index (χ1v) is 5.16. The van der Waals surface area contributed by atoms with Crippen LogP contribution in [0.4, 0.5) is 4.39 Å². The summed E-state index contributed by atoms with van der Waals surface area (Å²) >= 11 is 5.83. The van der Waals surface area contributed by atoms with Gasteiger partial charge in [-0.2, -0.15) is 0 Å². The third-order valence-electron chi connectivity index (χ3n) is 2.16. The number of hydrogen-bond acceptors (Lipinski definition) is 2. The van der Waals surface area contributed by atoms with Crippen LogP contribution in [0, 0.1) is 5.82 Å². The number of carbonyl (C=O) groups is 1. The summed E-state index contributed by atoms with van der Waals surface area (Å²) in [6.07, 6.45) is 0.750. The van der Waals surface area contributed by atoms with E-state index in [0.717, 1.165) is 0 Å². The molecule has 0 bridgehead atoms. The molecule has 1 rings (SSSR count). The average Bonchev–Trinajstić information content (AvgIpc) is 2.22. The molecule has 88 valence electrons. The van der Waals surface area contributed by atoms with Crippen LogP contribution < -0.4 is 4.74 Å². The van der Waals surface area contributed by atoms with Gasteiger partial charge in [0.25, 0.3) is 0 Å². The lowest BCUT2D eigenvalue weighted by atomic mass is 10.1. The molecule has 0 amide bonds. The van der Waals surface area contributed by atoms with Crippen molar-refractivity contribution in [1.82, 2.24) is 0 Å². The van der Waals surface area contributed by atoms with E-state index < -0.39 is 11.8 Å². The molecule has 1 aromatic rings. The zero-order valence-corrected chi connectivity index (χ0v) is 9.55. The van der Waals surface area contributed by atoms with Crippen molar-refractivity contribution in [1.29, 1.82) is 0 Å². The minimum absolute atomic E-state index is 0.0170. The van der Waals surface area contributed by atoms with Crippen molar-refractivity contribution in [3.63, 3.8) is 0 Å². The number of aliphatic carboxylic acids is 1. The number of methoxy groups -OCH3 is 1. The molecule has 5 heteroatoms. The molecule has 0 fully saturated rings. The van der Waals surface area contributed by atoms with E-state index in [1.807, 2.05) is 0 Å². The van der Waals surface area contributed by atoms with Gasteiger partial charge in [-0.25, -0.2) is 4.39 Å². The Morgan fingerprint density at radius 3 is 2.81 bits per heavy atom. The second-order valence-corrected chi connectivity index (χ2v) is 3.73. The lowest BCUT2D eigenvalue weighted by molar-refractivity contribution is -0.137. The van der Waals surface area contributed by atoms with Crippen LogP contribution in [0.3, 0.4) is 0 Å². The molecule has 0 aliphatic rings. The Kier molecular flexibility index (Phi) is 4.55. The van der Waals surface area contributed by atoms with Crippen LogP contribution in [0.25, 0.3) is 0 Å². The second kappa shape index (κ2) is 5.70. The first-order valence-electron chi connectivity index (χ1n) is 4.78. The maximum absolute atomic E-state index is 13.5. The number of rotatable bonds is 5. The van der Waals surface area contributed by atoms with Crippen molar-refractivity contribution in [2.24, 2.45) is 0 Å². The highest BCUT2D eigenvalue weighted by Crippen LogP contribution is 2.28. The van der Waals surface area contributed by atoms with Gasteiger partial charge in [0, 0.05) is 12.5 Å². The summed E-state index contributed by atoms with van der Waals surface area (Å²) in [5.74, 6) is -1.03. The molecule has 1 N–H and O–H groups in total. The lowest BCUT2D eigenvalue weighted by Gasteiger charge is -2.07. The molecule has 0 aliphatic heterocycles. The Balaban J connectivity index is 2.73. The largest absolute Gasteiger partial charge is 0.495 e. The topological polar surface area (TPSA) is 46.5 Å². The number of aryl methyl sites for hydroxylation is 1. The molecule has 0 saturated heterocycles. The average molecular weight is 247 g/mol. The first-order chi connectivity index (χ1) is 7.54. The van der Waals surface area contributed by atoms with Gasteiger partial charge >= 0.3 is 5.97 Å². The summed E-state index contributed by atoms with van der Waals surface area (Å²) in [5, 5.41) is 8.79. The molecule has 0 unspecified atom stereocenters. The van der Waals surface area contributed by atoms with Crippen LogP contribution in [0.1, 0.15) is 18.4 Å². The van der Waals surface area contributed by atoms with Crippen LogP contribution in [0.2, 0.25) is 5.02 Å². The highest BCUT2D eigenvalue weighted by Gasteiger charge is 2.09. The molecular formula is C11H12ClFO3. The number of benzene rings is 1. The Hall–Kier alpha value is -1.29. The third kappa shape index (κ3) is 3.38. The number of halogens is 2. The monoisotopic (exact) mass is 246 g/mol. The van der Waals surface area contributed by atoms with Crippen LogP contribution >= 0.6 is 11.6 Å². The molecule has 0 saturated carbocycles. The highest BCUT2D eigenvalue weighted by atomic mass is 35.5. The van der Waals surface area contributed by atoms with Gasteiger partial charge in [-0.05, 0) is 24.5 Å². The second-order valence-electron chi connectivity index (χ2n) is 3.33. The molecule has 0 aliphatic carbocycles. The van der Waals surface area contributed by atoms with E-state index in [1.165, 1.54) is 19.2 Å². The molecule has 0 heterocycles. The number of ether oxygens (including phenoxy) is 1. The Labute approximate surface area is 97.8 Å². The smallest absolute Gasteiger partial charge is 0.303 e. The fraction of sp³-hybridized carbons (Fsp3) is 0.364. The minimum atomic E-state index is -0.889. The van der Waals surface area contributed by atoms with Gasteiger partial charge in [-0.3, -0.25) is 4.79 Å². The molecule has 0 atom stereocenters. The molecule has 16 heavy (non-hydrogen) atoms. The van der Waals surface area contributed by atoms with E-state index >= 15 is 0 Å². The third-order valence-corrected chi connectivity index (χ3v) is 2.45.